The van der Waals surface area contributed by atoms with Gasteiger partial charge in [-0.25, -0.2) is 8.42 Å². The predicted octanol–water partition coefficient (Wildman–Crippen LogP) is 0.557. The highest BCUT2D eigenvalue weighted by Gasteiger charge is 2.41. The maximum Gasteiger partial charge on any atom is 0.211 e. The van der Waals surface area contributed by atoms with Crippen molar-refractivity contribution >= 4 is 10.0 Å². The second-order valence-electron chi connectivity index (χ2n) is 7.38. The van der Waals surface area contributed by atoms with E-state index in [-0.39, 0.29) is 5.54 Å². The van der Waals surface area contributed by atoms with Crippen molar-refractivity contribution in [2.24, 2.45) is 5.73 Å². The Kier molecular flexibility index (Phi) is 5.80. The van der Waals surface area contributed by atoms with Crippen LogP contribution in [0.15, 0.2) is 30.3 Å². The monoisotopic (exact) mass is 366 g/mol. The van der Waals surface area contributed by atoms with Crippen LogP contribution in [-0.4, -0.2) is 80.1 Å². The molecule has 2 fully saturated rings. The van der Waals surface area contributed by atoms with Crippen LogP contribution in [0.3, 0.4) is 0 Å². The average Bonchev–Trinajstić information content (AvgIpc) is 2.62. The average molecular weight is 367 g/mol. The Bertz CT molecular complexity index is 659. The van der Waals surface area contributed by atoms with Crippen molar-refractivity contribution < 1.29 is 8.42 Å². The number of hydrogen-bond donors (Lipinski definition) is 1. The SMILES string of the molecule is CS(=O)(=O)N1CCN(C2(CN)CCCN(Cc3ccccc3)C2)CC1. The molecule has 2 N–H and O–H groups in total. The molecule has 0 amide bonds. The van der Waals surface area contributed by atoms with E-state index >= 15 is 0 Å². The molecule has 2 aliphatic rings. The molecular weight excluding hydrogens is 336 g/mol. The molecule has 2 saturated heterocycles. The maximum absolute atomic E-state index is 11.7. The van der Waals surface area contributed by atoms with Gasteiger partial charge in [0.25, 0.3) is 0 Å². The molecule has 1 unspecified atom stereocenters. The summed E-state index contributed by atoms with van der Waals surface area (Å²) in [7, 11) is -3.09. The van der Waals surface area contributed by atoms with Gasteiger partial charge in [-0.15, -0.1) is 0 Å². The minimum atomic E-state index is -3.09. The van der Waals surface area contributed by atoms with Crippen LogP contribution >= 0.6 is 0 Å². The second kappa shape index (κ2) is 7.72. The minimum absolute atomic E-state index is 0.0311. The molecule has 0 bridgehead atoms. The summed E-state index contributed by atoms with van der Waals surface area (Å²) < 4.78 is 25.1. The molecule has 0 aliphatic carbocycles. The Balaban J connectivity index is 1.66. The molecule has 6 nitrogen and oxygen atoms in total. The first-order valence-electron chi connectivity index (χ1n) is 9.09. The Morgan fingerprint density at radius 1 is 1.08 bits per heavy atom. The third-order valence-corrected chi connectivity index (χ3v) is 6.95. The summed E-state index contributed by atoms with van der Waals surface area (Å²) in [6.07, 6.45) is 3.52. The van der Waals surface area contributed by atoms with Crippen molar-refractivity contribution in [3.63, 3.8) is 0 Å². The van der Waals surface area contributed by atoms with Crippen LogP contribution in [0, 0.1) is 0 Å². The van der Waals surface area contributed by atoms with Crippen molar-refractivity contribution in [1.29, 1.82) is 0 Å². The summed E-state index contributed by atoms with van der Waals surface area (Å²) in [5.41, 5.74) is 7.54. The molecule has 25 heavy (non-hydrogen) atoms. The highest BCUT2D eigenvalue weighted by atomic mass is 32.2. The third kappa shape index (κ3) is 4.41. The van der Waals surface area contributed by atoms with Gasteiger partial charge in [0.15, 0.2) is 0 Å². The van der Waals surface area contributed by atoms with E-state index < -0.39 is 10.0 Å². The van der Waals surface area contributed by atoms with E-state index in [0.29, 0.717) is 19.6 Å². The van der Waals surface area contributed by atoms with Gasteiger partial charge in [0.2, 0.25) is 10.0 Å². The van der Waals surface area contributed by atoms with Gasteiger partial charge in [-0.05, 0) is 24.9 Å². The summed E-state index contributed by atoms with van der Waals surface area (Å²) in [5.74, 6) is 0. The number of piperazine rings is 1. The molecule has 1 atom stereocenters. The van der Waals surface area contributed by atoms with Crippen molar-refractivity contribution in [2.75, 3.05) is 52.1 Å². The fourth-order valence-corrected chi connectivity index (χ4v) is 5.06. The molecular formula is C18H30N4O2S. The standard InChI is InChI=1S/C18H30N4O2S/c1-25(23,24)22-12-10-21(11-13-22)18(15-19)8-5-9-20(16-18)14-17-6-3-2-4-7-17/h2-4,6-7H,5,8-16,19H2,1H3. The number of benzene rings is 1. The van der Waals surface area contributed by atoms with Gasteiger partial charge in [-0.2, -0.15) is 4.31 Å². The number of rotatable bonds is 5. The maximum atomic E-state index is 11.7. The number of nitrogens with two attached hydrogens (primary N) is 1. The van der Waals surface area contributed by atoms with Crippen LogP contribution < -0.4 is 5.73 Å². The smallest absolute Gasteiger partial charge is 0.211 e. The zero-order valence-corrected chi connectivity index (χ0v) is 15.9. The fraction of sp³-hybridized carbons (Fsp3) is 0.667. The molecule has 3 rings (SSSR count). The largest absolute Gasteiger partial charge is 0.329 e. The van der Waals surface area contributed by atoms with Gasteiger partial charge < -0.3 is 5.73 Å². The molecule has 0 spiro atoms. The van der Waals surface area contributed by atoms with Gasteiger partial charge in [-0.1, -0.05) is 30.3 Å². The minimum Gasteiger partial charge on any atom is -0.329 e. The molecule has 1 aromatic rings. The van der Waals surface area contributed by atoms with Crippen LogP contribution in [0.1, 0.15) is 18.4 Å². The van der Waals surface area contributed by atoms with E-state index in [0.717, 1.165) is 45.6 Å². The molecule has 140 valence electrons. The first kappa shape index (κ1) is 18.8. The van der Waals surface area contributed by atoms with Crippen molar-refractivity contribution in [2.45, 2.75) is 24.9 Å². The highest BCUT2D eigenvalue weighted by Crippen LogP contribution is 2.29. The molecule has 2 aliphatic heterocycles. The normalized spacial score (nSPS) is 27.4. The lowest BCUT2D eigenvalue weighted by molar-refractivity contribution is -0.00369. The van der Waals surface area contributed by atoms with Gasteiger partial charge in [-0.3, -0.25) is 9.80 Å². The van der Waals surface area contributed by atoms with E-state index in [9.17, 15) is 8.42 Å². The lowest BCUT2D eigenvalue weighted by atomic mass is 9.86. The van der Waals surface area contributed by atoms with E-state index in [1.807, 2.05) is 6.07 Å². The van der Waals surface area contributed by atoms with E-state index in [1.165, 1.54) is 11.8 Å². The highest BCUT2D eigenvalue weighted by molar-refractivity contribution is 7.88. The van der Waals surface area contributed by atoms with E-state index in [4.69, 9.17) is 5.73 Å². The quantitative estimate of drug-likeness (QED) is 0.824. The summed E-state index contributed by atoms with van der Waals surface area (Å²) in [5, 5.41) is 0. The van der Waals surface area contributed by atoms with Crippen LogP contribution in [0.25, 0.3) is 0 Å². The fourth-order valence-electron chi connectivity index (χ4n) is 4.23. The summed E-state index contributed by atoms with van der Waals surface area (Å²) in [4.78, 5) is 4.93. The van der Waals surface area contributed by atoms with Crippen LogP contribution in [0.5, 0.6) is 0 Å². The Hall–Kier alpha value is -0.990. The zero-order valence-electron chi connectivity index (χ0n) is 15.1. The number of hydrogen-bond acceptors (Lipinski definition) is 5. The molecule has 7 heteroatoms. The van der Waals surface area contributed by atoms with Crippen molar-refractivity contribution in [3.05, 3.63) is 35.9 Å². The number of sulfonamides is 1. The molecule has 0 radical (unpaired) electrons. The van der Waals surface area contributed by atoms with Gasteiger partial charge in [0, 0.05) is 51.4 Å². The van der Waals surface area contributed by atoms with E-state index in [2.05, 4.69) is 34.1 Å². The van der Waals surface area contributed by atoms with Crippen LogP contribution in [0.4, 0.5) is 0 Å². The van der Waals surface area contributed by atoms with E-state index in [1.54, 1.807) is 4.31 Å². The van der Waals surface area contributed by atoms with Crippen LogP contribution in [0.2, 0.25) is 0 Å². The van der Waals surface area contributed by atoms with Crippen molar-refractivity contribution in [3.8, 4) is 0 Å². The van der Waals surface area contributed by atoms with Gasteiger partial charge in [0.05, 0.1) is 6.26 Å². The summed E-state index contributed by atoms with van der Waals surface area (Å²) in [6, 6.07) is 10.6. The van der Waals surface area contributed by atoms with Crippen LogP contribution in [-0.2, 0) is 16.6 Å². The Labute approximate surface area is 151 Å². The zero-order chi connectivity index (χ0) is 17.9. The molecule has 0 saturated carbocycles. The van der Waals surface area contributed by atoms with Crippen molar-refractivity contribution in [1.82, 2.24) is 14.1 Å². The second-order valence-corrected chi connectivity index (χ2v) is 9.36. The summed E-state index contributed by atoms with van der Waals surface area (Å²) in [6.45, 7) is 6.30. The lowest BCUT2D eigenvalue weighted by Crippen LogP contribution is -2.66. The molecule has 0 aromatic heterocycles. The molecule has 1 aromatic carbocycles. The van der Waals surface area contributed by atoms with Gasteiger partial charge >= 0.3 is 0 Å². The first-order valence-corrected chi connectivity index (χ1v) is 10.9. The Morgan fingerprint density at radius 3 is 2.36 bits per heavy atom. The number of piperidine rings is 1. The first-order chi connectivity index (χ1) is 11.9. The lowest BCUT2D eigenvalue weighted by Gasteiger charge is -2.51. The third-order valence-electron chi connectivity index (χ3n) is 5.64. The van der Waals surface area contributed by atoms with Gasteiger partial charge in [0.1, 0.15) is 0 Å². The topological polar surface area (TPSA) is 69.9 Å². The summed E-state index contributed by atoms with van der Waals surface area (Å²) >= 11 is 0. The predicted molar refractivity (Wildman–Crippen MR) is 101 cm³/mol. The molecule has 2 heterocycles. The number of nitrogens with zero attached hydrogens (tertiary/aromatic N) is 3. The Morgan fingerprint density at radius 2 is 1.76 bits per heavy atom. The number of likely N-dealkylation sites (tertiary alicyclic amines) is 1.